The van der Waals surface area contributed by atoms with Crippen molar-refractivity contribution in [3.8, 4) is 0 Å². The van der Waals surface area contributed by atoms with Gasteiger partial charge in [-0.05, 0) is 31.7 Å². The molecular weight excluding hydrogens is 252 g/mol. The molecule has 1 saturated carbocycles. The zero-order valence-corrected chi connectivity index (χ0v) is 12.0. The minimum absolute atomic E-state index is 0.0902. The van der Waals surface area contributed by atoms with Gasteiger partial charge < -0.3 is 4.74 Å². The molecule has 1 aromatic carbocycles. The molecule has 1 aliphatic heterocycles. The summed E-state index contributed by atoms with van der Waals surface area (Å²) in [4.78, 5) is 24.1. The van der Waals surface area contributed by atoms with Gasteiger partial charge in [-0.2, -0.15) is 0 Å². The summed E-state index contributed by atoms with van der Waals surface area (Å²) >= 11 is 0. The smallest absolute Gasteiger partial charge is 0.339 e. The van der Waals surface area contributed by atoms with Crippen LogP contribution in [0.25, 0.3) is 0 Å². The van der Waals surface area contributed by atoms with Gasteiger partial charge in [0.15, 0.2) is 0 Å². The molecule has 106 valence electrons. The van der Waals surface area contributed by atoms with Crippen LogP contribution in [0.4, 0.5) is 0 Å². The summed E-state index contributed by atoms with van der Waals surface area (Å²) in [5.41, 5.74) is 1.24. The third kappa shape index (κ3) is 1.96. The number of carbonyl (C=O) groups is 2. The molecule has 1 aliphatic carbocycles. The first-order valence-electron chi connectivity index (χ1n) is 7.40. The quantitative estimate of drug-likeness (QED) is 0.774. The van der Waals surface area contributed by atoms with Gasteiger partial charge in [-0.3, -0.25) is 4.79 Å². The lowest BCUT2D eigenvalue weighted by Crippen LogP contribution is -2.35. The molecule has 3 rings (SSSR count). The fourth-order valence-corrected chi connectivity index (χ4v) is 3.56. The molecule has 0 atom stereocenters. The normalized spacial score (nSPS) is 28.6. The highest BCUT2D eigenvalue weighted by molar-refractivity contribution is 5.94. The second-order valence-electron chi connectivity index (χ2n) is 6.26. The Morgan fingerprint density at radius 3 is 2.55 bits per heavy atom. The summed E-state index contributed by atoms with van der Waals surface area (Å²) in [7, 11) is 0. The Bertz CT molecular complexity index is 551. The van der Waals surface area contributed by atoms with Crippen molar-refractivity contribution in [3.63, 3.8) is 0 Å². The van der Waals surface area contributed by atoms with Crippen molar-refractivity contribution in [1.82, 2.24) is 0 Å². The van der Waals surface area contributed by atoms with E-state index >= 15 is 0 Å². The molecule has 0 radical (unpaired) electrons. The first-order valence-corrected chi connectivity index (χ1v) is 7.40. The van der Waals surface area contributed by atoms with Crippen molar-refractivity contribution < 1.29 is 14.3 Å². The number of rotatable bonds is 2. The van der Waals surface area contributed by atoms with Gasteiger partial charge in [0.05, 0.1) is 5.56 Å². The average Bonchev–Trinajstić information content (AvgIpc) is 2.72. The van der Waals surface area contributed by atoms with Crippen LogP contribution >= 0.6 is 0 Å². The molecule has 0 N–H and O–H groups in total. The molecule has 0 amide bonds. The van der Waals surface area contributed by atoms with Crippen molar-refractivity contribution >= 4 is 11.8 Å². The van der Waals surface area contributed by atoms with Crippen molar-refractivity contribution in [1.29, 1.82) is 0 Å². The highest BCUT2D eigenvalue weighted by atomic mass is 16.6. The topological polar surface area (TPSA) is 43.4 Å². The Hall–Kier alpha value is -1.64. The Balaban J connectivity index is 1.82. The Morgan fingerprint density at radius 1 is 1.25 bits per heavy atom. The highest BCUT2D eigenvalue weighted by Crippen LogP contribution is 2.48. The second kappa shape index (κ2) is 4.72. The van der Waals surface area contributed by atoms with Crippen molar-refractivity contribution in [2.75, 3.05) is 0 Å². The van der Waals surface area contributed by atoms with E-state index in [0.717, 1.165) is 31.2 Å². The molecule has 0 bridgehead atoms. The minimum atomic E-state index is -0.471. The van der Waals surface area contributed by atoms with Crippen LogP contribution in [0.5, 0.6) is 0 Å². The van der Waals surface area contributed by atoms with Crippen LogP contribution in [0.3, 0.4) is 0 Å². The van der Waals surface area contributed by atoms with Gasteiger partial charge in [-0.1, -0.05) is 32.0 Å². The third-order valence-corrected chi connectivity index (χ3v) is 4.69. The Morgan fingerprint density at radius 2 is 1.90 bits per heavy atom. The molecule has 0 unspecified atom stereocenters. The molecule has 20 heavy (non-hydrogen) atoms. The first-order chi connectivity index (χ1) is 9.53. The van der Waals surface area contributed by atoms with Crippen LogP contribution in [0.15, 0.2) is 24.3 Å². The van der Waals surface area contributed by atoms with Gasteiger partial charge >= 0.3 is 5.97 Å². The molecule has 2 aliphatic rings. The third-order valence-electron chi connectivity index (χ3n) is 4.69. The van der Waals surface area contributed by atoms with E-state index in [1.54, 1.807) is 0 Å². The zero-order valence-electron chi connectivity index (χ0n) is 12.0. The average molecular weight is 272 g/mol. The van der Waals surface area contributed by atoms with Crippen LogP contribution in [-0.4, -0.2) is 11.8 Å². The van der Waals surface area contributed by atoms with Gasteiger partial charge in [0.2, 0.25) is 0 Å². The van der Waals surface area contributed by atoms with E-state index in [1.807, 2.05) is 38.1 Å². The Labute approximate surface area is 119 Å². The summed E-state index contributed by atoms with van der Waals surface area (Å²) in [6.07, 6.45) is 3.16. The number of ketones is 1. The largest absolute Gasteiger partial charge is 0.451 e. The maximum Gasteiger partial charge on any atom is 0.339 e. The molecular formula is C17H20O3. The van der Waals surface area contributed by atoms with E-state index < -0.39 is 5.60 Å². The van der Waals surface area contributed by atoms with Crippen LogP contribution in [-0.2, 0) is 15.1 Å². The summed E-state index contributed by atoms with van der Waals surface area (Å²) in [6.45, 7) is 3.91. The van der Waals surface area contributed by atoms with E-state index in [1.165, 1.54) is 0 Å². The van der Waals surface area contributed by atoms with Gasteiger partial charge in [0.25, 0.3) is 0 Å². The number of hydrogen-bond acceptors (Lipinski definition) is 3. The fraction of sp³-hybridized carbons (Fsp3) is 0.529. The Kier molecular flexibility index (Phi) is 3.15. The van der Waals surface area contributed by atoms with Gasteiger partial charge in [0.1, 0.15) is 11.4 Å². The van der Waals surface area contributed by atoms with Crippen LogP contribution in [0, 0.1) is 11.8 Å². The van der Waals surface area contributed by atoms with Crippen molar-refractivity contribution in [2.45, 2.75) is 45.1 Å². The maximum absolute atomic E-state index is 12.1. The van der Waals surface area contributed by atoms with E-state index in [4.69, 9.17) is 4.74 Å². The van der Waals surface area contributed by atoms with Gasteiger partial charge in [-0.15, -0.1) is 0 Å². The monoisotopic (exact) mass is 272 g/mol. The van der Waals surface area contributed by atoms with Crippen molar-refractivity contribution in [2.24, 2.45) is 11.8 Å². The number of hydrogen-bond donors (Lipinski definition) is 0. The van der Waals surface area contributed by atoms with Crippen LogP contribution in [0.2, 0.25) is 0 Å². The molecule has 0 aromatic heterocycles. The van der Waals surface area contributed by atoms with Crippen LogP contribution < -0.4 is 0 Å². The van der Waals surface area contributed by atoms with Crippen LogP contribution in [0.1, 0.15) is 55.5 Å². The first kappa shape index (κ1) is 13.3. The van der Waals surface area contributed by atoms with Crippen molar-refractivity contribution in [3.05, 3.63) is 35.4 Å². The number of fused-ring (bicyclic) bond motifs is 2. The van der Waals surface area contributed by atoms with E-state index in [0.29, 0.717) is 11.3 Å². The number of Topliss-reactive ketones (excluding diaryl/α,β-unsaturated/α-hetero) is 1. The molecule has 0 saturated heterocycles. The summed E-state index contributed by atoms with van der Waals surface area (Å²) in [6, 6.07) is 7.64. The van der Waals surface area contributed by atoms with Gasteiger partial charge in [0, 0.05) is 17.4 Å². The second-order valence-corrected chi connectivity index (χ2v) is 6.26. The predicted octanol–water partition coefficient (Wildman–Crippen LogP) is 3.47. The number of esters is 1. The standard InChI is InChI=1S/C17H20O3/c1-11(2)15(18)12-7-9-17(10-8-12)14-6-4-3-5-13(14)16(19)20-17/h3-6,11-12H,7-10H2,1-2H3. The highest BCUT2D eigenvalue weighted by Gasteiger charge is 2.48. The summed E-state index contributed by atoms with van der Waals surface area (Å²) in [5.74, 6) is 0.353. The lowest BCUT2D eigenvalue weighted by molar-refractivity contribution is -0.128. The fourth-order valence-electron chi connectivity index (χ4n) is 3.56. The number of ether oxygens (including phenoxy) is 1. The number of benzene rings is 1. The number of carbonyl (C=O) groups excluding carboxylic acids is 2. The predicted molar refractivity (Wildman–Crippen MR) is 75.3 cm³/mol. The van der Waals surface area contributed by atoms with E-state index in [9.17, 15) is 9.59 Å². The molecule has 1 aromatic rings. The summed E-state index contributed by atoms with van der Waals surface area (Å²) in [5, 5.41) is 0. The molecule has 3 heteroatoms. The lowest BCUT2D eigenvalue weighted by atomic mass is 9.72. The summed E-state index contributed by atoms with van der Waals surface area (Å²) < 4.78 is 5.70. The molecule has 3 nitrogen and oxygen atoms in total. The molecule has 1 spiro atoms. The zero-order chi connectivity index (χ0) is 14.3. The SMILES string of the molecule is CC(C)C(=O)C1CCC2(CC1)OC(=O)c1ccccc12. The molecule has 1 fully saturated rings. The minimum Gasteiger partial charge on any atom is -0.451 e. The molecule has 1 heterocycles. The lowest BCUT2D eigenvalue weighted by Gasteiger charge is -2.36. The van der Waals surface area contributed by atoms with Gasteiger partial charge in [-0.25, -0.2) is 4.79 Å². The maximum atomic E-state index is 12.1. The van der Waals surface area contributed by atoms with E-state index in [2.05, 4.69) is 0 Å². The van der Waals surface area contributed by atoms with E-state index in [-0.39, 0.29) is 17.8 Å².